The van der Waals surface area contributed by atoms with Gasteiger partial charge in [-0.3, -0.25) is 0 Å². The fourth-order valence-corrected chi connectivity index (χ4v) is 2.58. The van der Waals surface area contributed by atoms with Gasteiger partial charge in [-0.2, -0.15) is 17.0 Å². The van der Waals surface area contributed by atoms with Gasteiger partial charge in [-0.25, -0.2) is 0 Å². The smallest absolute Gasteiger partial charge is 0.0991 e. The molecule has 14 heavy (non-hydrogen) atoms. The van der Waals surface area contributed by atoms with E-state index in [9.17, 15) is 0 Å². The van der Waals surface area contributed by atoms with Crippen LogP contribution in [0.5, 0.6) is 0 Å². The van der Waals surface area contributed by atoms with Gasteiger partial charge >= 0.3 is 0 Å². The minimum Gasteiger partial charge on any atom is -0.308 e. The second-order valence-corrected chi connectivity index (χ2v) is 4.47. The molecule has 1 aromatic carbocycles. The van der Waals surface area contributed by atoms with Crippen LogP contribution >= 0.6 is 11.8 Å². The topological polar surface area (TPSA) is 35.8 Å². The van der Waals surface area contributed by atoms with Gasteiger partial charge < -0.3 is 5.32 Å². The Bertz CT molecular complexity index is 351. The van der Waals surface area contributed by atoms with Gasteiger partial charge in [0.2, 0.25) is 0 Å². The van der Waals surface area contributed by atoms with Crippen LogP contribution in [-0.4, -0.2) is 18.1 Å². The third-order valence-corrected chi connectivity index (χ3v) is 3.40. The van der Waals surface area contributed by atoms with Crippen LogP contribution in [0.4, 0.5) is 0 Å². The zero-order chi connectivity index (χ0) is 9.80. The Morgan fingerprint density at radius 2 is 2.43 bits per heavy atom. The second kappa shape index (κ2) is 4.50. The summed E-state index contributed by atoms with van der Waals surface area (Å²) in [5.74, 6) is 2.29. The van der Waals surface area contributed by atoms with Crippen LogP contribution in [0.15, 0.2) is 24.3 Å². The van der Waals surface area contributed by atoms with Crippen molar-refractivity contribution in [3.05, 3.63) is 35.4 Å². The van der Waals surface area contributed by atoms with Crippen LogP contribution < -0.4 is 5.32 Å². The molecule has 0 aliphatic carbocycles. The Labute approximate surface area is 88.3 Å². The molecule has 1 saturated heterocycles. The van der Waals surface area contributed by atoms with Crippen molar-refractivity contribution >= 4 is 11.8 Å². The van der Waals surface area contributed by atoms with Crippen LogP contribution in [0.25, 0.3) is 0 Å². The predicted octanol–water partition coefficient (Wildman–Crippen LogP) is 1.94. The maximum Gasteiger partial charge on any atom is 0.0991 e. The number of nitrogens with one attached hydrogen (secondary N) is 1. The summed E-state index contributed by atoms with van der Waals surface area (Å²) in [6.07, 6.45) is 0. The molecule has 0 aromatic heterocycles. The van der Waals surface area contributed by atoms with Gasteiger partial charge in [0.05, 0.1) is 11.6 Å². The molecular weight excluding hydrogens is 192 g/mol. The molecule has 0 radical (unpaired) electrons. The highest BCUT2D eigenvalue weighted by atomic mass is 32.2. The van der Waals surface area contributed by atoms with Crippen molar-refractivity contribution in [2.75, 3.05) is 18.1 Å². The van der Waals surface area contributed by atoms with Crippen molar-refractivity contribution in [2.45, 2.75) is 6.04 Å². The standard InChI is InChI=1S/C11H12N2S/c12-7-9-2-1-3-10(6-9)11-8-14-5-4-13-11/h1-3,6,11,13H,4-5,8H2. The summed E-state index contributed by atoms with van der Waals surface area (Å²) in [5.41, 5.74) is 1.98. The highest BCUT2D eigenvalue weighted by Gasteiger charge is 2.14. The Morgan fingerprint density at radius 1 is 1.50 bits per heavy atom. The number of nitrogens with zero attached hydrogens (tertiary/aromatic N) is 1. The van der Waals surface area contributed by atoms with E-state index >= 15 is 0 Å². The van der Waals surface area contributed by atoms with Crippen LogP contribution in [0.3, 0.4) is 0 Å². The summed E-state index contributed by atoms with van der Waals surface area (Å²) in [6.45, 7) is 1.06. The Balaban J connectivity index is 2.18. The first-order valence-electron chi connectivity index (χ1n) is 4.71. The maximum absolute atomic E-state index is 8.78. The summed E-state index contributed by atoms with van der Waals surface area (Å²) in [4.78, 5) is 0. The maximum atomic E-state index is 8.78. The fraction of sp³-hybridized carbons (Fsp3) is 0.364. The minimum atomic E-state index is 0.419. The van der Waals surface area contributed by atoms with Gasteiger partial charge in [0.15, 0.2) is 0 Å². The van der Waals surface area contributed by atoms with Gasteiger partial charge in [-0.15, -0.1) is 0 Å². The third kappa shape index (κ3) is 2.09. The first-order chi connectivity index (χ1) is 6.90. The van der Waals surface area contributed by atoms with Crippen molar-refractivity contribution in [2.24, 2.45) is 0 Å². The molecule has 1 fully saturated rings. The lowest BCUT2D eigenvalue weighted by Crippen LogP contribution is -2.30. The lowest BCUT2D eigenvalue weighted by Gasteiger charge is -2.23. The molecule has 2 nitrogen and oxygen atoms in total. The average molecular weight is 204 g/mol. The summed E-state index contributed by atoms with van der Waals surface area (Å²) in [6, 6.07) is 10.5. The summed E-state index contributed by atoms with van der Waals surface area (Å²) in [5, 5.41) is 12.2. The highest BCUT2D eigenvalue weighted by molar-refractivity contribution is 7.99. The monoisotopic (exact) mass is 204 g/mol. The van der Waals surface area contributed by atoms with E-state index < -0.39 is 0 Å². The first kappa shape index (κ1) is 9.57. The van der Waals surface area contributed by atoms with E-state index in [1.807, 2.05) is 30.0 Å². The molecule has 1 unspecified atom stereocenters. The predicted molar refractivity (Wildman–Crippen MR) is 59.2 cm³/mol. The molecule has 0 saturated carbocycles. The minimum absolute atomic E-state index is 0.419. The lowest BCUT2D eigenvalue weighted by atomic mass is 10.1. The van der Waals surface area contributed by atoms with E-state index in [2.05, 4.69) is 17.5 Å². The van der Waals surface area contributed by atoms with E-state index in [1.165, 1.54) is 11.3 Å². The largest absolute Gasteiger partial charge is 0.308 e. The van der Waals surface area contributed by atoms with E-state index in [0.29, 0.717) is 6.04 Å². The molecule has 1 atom stereocenters. The van der Waals surface area contributed by atoms with E-state index in [4.69, 9.17) is 5.26 Å². The summed E-state index contributed by atoms with van der Waals surface area (Å²) >= 11 is 1.97. The molecule has 0 bridgehead atoms. The van der Waals surface area contributed by atoms with E-state index in [1.54, 1.807) is 0 Å². The Hall–Kier alpha value is -0.980. The van der Waals surface area contributed by atoms with E-state index in [0.717, 1.165) is 17.9 Å². The molecule has 1 N–H and O–H groups in total. The number of thioether (sulfide) groups is 1. The van der Waals surface area contributed by atoms with E-state index in [-0.39, 0.29) is 0 Å². The molecule has 2 rings (SSSR count). The molecule has 72 valence electrons. The fourth-order valence-electron chi connectivity index (χ4n) is 1.60. The average Bonchev–Trinajstić information content (AvgIpc) is 2.30. The van der Waals surface area contributed by atoms with Crippen LogP contribution in [-0.2, 0) is 0 Å². The van der Waals surface area contributed by atoms with Crippen molar-refractivity contribution in [1.82, 2.24) is 5.32 Å². The number of rotatable bonds is 1. The van der Waals surface area contributed by atoms with Gasteiger partial charge in [0.25, 0.3) is 0 Å². The van der Waals surface area contributed by atoms with Crippen molar-refractivity contribution in [1.29, 1.82) is 5.26 Å². The number of nitriles is 1. The molecule has 1 aliphatic rings. The lowest BCUT2D eigenvalue weighted by molar-refractivity contribution is 0.595. The van der Waals surface area contributed by atoms with Crippen molar-refractivity contribution < 1.29 is 0 Å². The van der Waals surface area contributed by atoms with Gasteiger partial charge in [0.1, 0.15) is 0 Å². The zero-order valence-corrected chi connectivity index (χ0v) is 8.68. The molecular formula is C11H12N2S. The Kier molecular flexibility index (Phi) is 3.07. The second-order valence-electron chi connectivity index (χ2n) is 3.32. The quantitative estimate of drug-likeness (QED) is 0.759. The number of hydrogen-bond acceptors (Lipinski definition) is 3. The van der Waals surface area contributed by atoms with Gasteiger partial charge in [0, 0.05) is 24.1 Å². The molecule has 1 heterocycles. The number of hydrogen-bond donors (Lipinski definition) is 1. The van der Waals surface area contributed by atoms with Crippen LogP contribution in [0, 0.1) is 11.3 Å². The SMILES string of the molecule is N#Cc1cccc(C2CSCCN2)c1. The molecule has 0 amide bonds. The van der Waals surface area contributed by atoms with Crippen molar-refractivity contribution in [3.63, 3.8) is 0 Å². The normalized spacial score (nSPS) is 21.5. The van der Waals surface area contributed by atoms with Crippen LogP contribution in [0.1, 0.15) is 17.2 Å². The Morgan fingerprint density at radius 3 is 3.14 bits per heavy atom. The first-order valence-corrected chi connectivity index (χ1v) is 5.87. The molecule has 3 heteroatoms. The molecule has 0 spiro atoms. The summed E-state index contributed by atoms with van der Waals surface area (Å²) < 4.78 is 0. The third-order valence-electron chi connectivity index (χ3n) is 2.34. The van der Waals surface area contributed by atoms with Gasteiger partial charge in [-0.05, 0) is 17.7 Å². The van der Waals surface area contributed by atoms with Crippen molar-refractivity contribution in [3.8, 4) is 6.07 Å². The summed E-state index contributed by atoms with van der Waals surface area (Å²) in [7, 11) is 0. The van der Waals surface area contributed by atoms with Gasteiger partial charge in [-0.1, -0.05) is 12.1 Å². The zero-order valence-electron chi connectivity index (χ0n) is 7.86. The molecule has 1 aliphatic heterocycles. The number of benzene rings is 1. The molecule has 1 aromatic rings. The van der Waals surface area contributed by atoms with Crippen LogP contribution in [0.2, 0.25) is 0 Å². The highest BCUT2D eigenvalue weighted by Crippen LogP contribution is 2.22.